The summed E-state index contributed by atoms with van der Waals surface area (Å²) in [6.07, 6.45) is 3.60. The maximum Gasteiger partial charge on any atom is 0.183 e. The highest BCUT2D eigenvalue weighted by Crippen LogP contribution is 2.37. The average molecular weight is 292 g/mol. The molecule has 5 nitrogen and oxygen atoms in total. The molecule has 0 fully saturated rings. The molecular formula is C12H12N4OS2. The van der Waals surface area contributed by atoms with Gasteiger partial charge >= 0.3 is 0 Å². The Balaban J connectivity index is 2.11. The van der Waals surface area contributed by atoms with Gasteiger partial charge in [0, 0.05) is 26.6 Å². The lowest BCUT2D eigenvalue weighted by molar-refractivity contribution is 0.182. The summed E-state index contributed by atoms with van der Waals surface area (Å²) in [5, 5.41) is 4.91. The monoisotopic (exact) mass is 292 g/mol. The number of hydrogen-bond donors (Lipinski definition) is 1. The summed E-state index contributed by atoms with van der Waals surface area (Å²) in [5.74, 6) is 0. The largest absolute Gasteiger partial charge is 0.378 e. The van der Waals surface area contributed by atoms with E-state index in [-0.39, 0.29) is 0 Å². The topological polar surface area (TPSA) is 59.9 Å². The van der Waals surface area contributed by atoms with Crippen molar-refractivity contribution < 1.29 is 4.74 Å². The summed E-state index contributed by atoms with van der Waals surface area (Å²) >= 11 is 3.22. The van der Waals surface area contributed by atoms with Crippen molar-refractivity contribution in [1.29, 1.82) is 0 Å². The zero-order chi connectivity index (χ0) is 13.2. The quantitative estimate of drug-likeness (QED) is 0.801. The van der Waals surface area contributed by atoms with Crippen molar-refractivity contribution in [3.63, 3.8) is 0 Å². The molecule has 0 aromatic carbocycles. The second kappa shape index (κ2) is 5.20. The number of nitrogens with zero attached hydrogens (tertiary/aromatic N) is 3. The van der Waals surface area contributed by atoms with Crippen LogP contribution in [-0.4, -0.2) is 29.1 Å². The van der Waals surface area contributed by atoms with Crippen LogP contribution >= 0.6 is 22.7 Å². The van der Waals surface area contributed by atoms with Crippen LogP contribution < -0.4 is 5.32 Å². The van der Waals surface area contributed by atoms with Gasteiger partial charge in [-0.15, -0.1) is 11.3 Å². The molecule has 0 amide bonds. The molecular weight excluding hydrogens is 280 g/mol. The van der Waals surface area contributed by atoms with E-state index in [1.807, 2.05) is 19.3 Å². The van der Waals surface area contributed by atoms with Gasteiger partial charge in [0.1, 0.15) is 5.01 Å². The third kappa shape index (κ3) is 2.32. The zero-order valence-electron chi connectivity index (χ0n) is 10.5. The second-order valence-electron chi connectivity index (χ2n) is 3.84. The van der Waals surface area contributed by atoms with Crippen molar-refractivity contribution in [2.75, 3.05) is 19.5 Å². The highest BCUT2D eigenvalue weighted by atomic mass is 32.1. The molecule has 3 aromatic heterocycles. The van der Waals surface area contributed by atoms with Crippen LogP contribution in [0.3, 0.4) is 0 Å². The normalized spacial score (nSPS) is 11.1. The molecule has 0 radical (unpaired) electrons. The van der Waals surface area contributed by atoms with Crippen molar-refractivity contribution in [2.45, 2.75) is 6.61 Å². The van der Waals surface area contributed by atoms with Crippen LogP contribution in [0.15, 0.2) is 18.5 Å². The van der Waals surface area contributed by atoms with Crippen LogP contribution in [0.5, 0.6) is 0 Å². The Bertz CT molecular complexity index is 674. The van der Waals surface area contributed by atoms with E-state index in [0.717, 1.165) is 30.9 Å². The fraction of sp³-hybridized carbons (Fsp3) is 0.250. The highest BCUT2D eigenvalue weighted by Gasteiger charge is 2.16. The van der Waals surface area contributed by atoms with Crippen molar-refractivity contribution in [2.24, 2.45) is 0 Å². The van der Waals surface area contributed by atoms with Gasteiger partial charge < -0.3 is 10.1 Å². The standard InChI is InChI=1S/C12H12N4OS2/c1-13-12-16-8(6-17-2)10(19-12)11-15-7-3-4-14-5-9(7)18-11/h3-5H,6H2,1-2H3,(H,13,16). The van der Waals surface area contributed by atoms with Gasteiger partial charge in [0.15, 0.2) is 5.13 Å². The molecule has 98 valence electrons. The first kappa shape index (κ1) is 12.5. The van der Waals surface area contributed by atoms with Gasteiger partial charge in [-0.25, -0.2) is 9.97 Å². The van der Waals surface area contributed by atoms with Gasteiger partial charge in [0.05, 0.1) is 27.4 Å². The Hall–Kier alpha value is -1.57. The van der Waals surface area contributed by atoms with E-state index in [2.05, 4.69) is 20.3 Å². The van der Waals surface area contributed by atoms with Crippen molar-refractivity contribution in [1.82, 2.24) is 15.0 Å². The Morgan fingerprint density at radius 2 is 2.21 bits per heavy atom. The molecule has 1 N–H and O–H groups in total. The smallest absolute Gasteiger partial charge is 0.183 e. The van der Waals surface area contributed by atoms with E-state index >= 15 is 0 Å². The molecule has 0 saturated carbocycles. The molecule has 19 heavy (non-hydrogen) atoms. The molecule has 0 aliphatic rings. The number of aromatic nitrogens is 3. The van der Waals surface area contributed by atoms with Crippen LogP contribution in [0.1, 0.15) is 5.69 Å². The summed E-state index contributed by atoms with van der Waals surface area (Å²) in [4.78, 5) is 14.3. The van der Waals surface area contributed by atoms with E-state index in [1.165, 1.54) is 0 Å². The third-order valence-electron chi connectivity index (χ3n) is 2.58. The Labute approximate surface area is 118 Å². The van der Waals surface area contributed by atoms with Gasteiger partial charge in [-0.3, -0.25) is 4.98 Å². The number of hydrogen-bond acceptors (Lipinski definition) is 7. The molecule has 0 unspecified atom stereocenters. The van der Waals surface area contributed by atoms with E-state index in [9.17, 15) is 0 Å². The molecule has 0 saturated heterocycles. The highest BCUT2D eigenvalue weighted by molar-refractivity contribution is 7.26. The van der Waals surface area contributed by atoms with Crippen LogP contribution in [-0.2, 0) is 11.3 Å². The lowest BCUT2D eigenvalue weighted by Gasteiger charge is -1.96. The van der Waals surface area contributed by atoms with E-state index in [4.69, 9.17) is 4.74 Å². The SMILES string of the molecule is CNc1nc(COC)c(-c2nc3ccncc3s2)s1. The fourth-order valence-corrected chi connectivity index (χ4v) is 3.69. The minimum atomic E-state index is 0.488. The fourth-order valence-electron chi connectivity index (χ4n) is 1.74. The first-order valence-corrected chi connectivity index (χ1v) is 7.32. The summed E-state index contributed by atoms with van der Waals surface area (Å²) < 4.78 is 6.29. The number of nitrogens with one attached hydrogen (secondary N) is 1. The average Bonchev–Trinajstić information content (AvgIpc) is 3.01. The van der Waals surface area contributed by atoms with E-state index in [0.29, 0.717) is 6.61 Å². The number of pyridine rings is 1. The van der Waals surface area contributed by atoms with Crippen molar-refractivity contribution >= 4 is 38.0 Å². The molecule has 0 bridgehead atoms. The Kier molecular flexibility index (Phi) is 3.41. The molecule has 0 aliphatic heterocycles. The van der Waals surface area contributed by atoms with Crippen LogP contribution in [0.4, 0.5) is 5.13 Å². The van der Waals surface area contributed by atoms with E-state index < -0.39 is 0 Å². The molecule has 7 heteroatoms. The first-order chi connectivity index (χ1) is 9.31. The van der Waals surface area contributed by atoms with Gasteiger partial charge in [-0.05, 0) is 6.07 Å². The van der Waals surface area contributed by atoms with Crippen LogP contribution in [0, 0.1) is 0 Å². The molecule has 0 spiro atoms. The number of thiazole rings is 2. The number of rotatable bonds is 4. The summed E-state index contributed by atoms with van der Waals surface area (Å²) in [5.41, 5.74) is 1.89. The number of ether oxygens (including phenoxy) is 1. The van der Waals surface area contributed by atoms with Gasteiger partial charge in [-0.1, -0.05) is 11.3 Å². The Morgan fingerprint density at radius 3 is 2.95 bits per heavy atom. The second-order valence-corrected chi connectivity index (χ2v) is 5.87. The summed E-state index contributed by atoms with van der Waals surface area (Å²) in [6, 6.07) is 1.92. The summed E-state index contributed by atoms with van der Waals surface area (Å²) in [6.45, 7) is 0.488. The molecule has 3 heterocycles. The van der Waals surface area contributed by atoms with Gasteiger partial charge in [-0.2, -0.15) is 0 Å². The molecule has 0 atom stereocenters. The minimum Gasteiger partial charge on any atom is -0.378 e. The number of fused-ring (bicyclic) bond motifs is 1. The predicted octanol–water partition coefficient (Wildman–Crippen LogP) is 3.00. The minimum absolute atomic E-state index is 0.488. The Morgan fingerprint density at radius 1 is 1.32 bits per heavy atom. The van der Waals surface area contributed by atoms with Crippen molar-refractivity contribution in [3.8, 4) is 9.88 Å². The van der Waals surface area contributed by atoms with E-state index in [1.54, 1.807) is 36.0 Å². The maximum absolute atomic E-state index is 5.20. The lowest BCUT2D eigenvalue weighted by Crippen LogP contribution is -1.91. The first-order valence-electron chi connectivity index (χ1n) is 5.69. The van der Waals surface area contributed by atoms with Crippen molar-refractivity contribution in [3.05, 3.63) is 24.2 Å². The van der Waals surface area contributed by atoms with Gasteiger partial charge in [0.25, 0.3) is 0 Å². The third-order valence-corrected chi connectivity index (χ3v) is 4.85. The molecule has 0 aliphatic carbocycles. The van der Waals surface area contributed by atoms with Crippen LogP contribution in [0.2, 0.25) is 0 Å². The molecule has 3 rings (SSSR count). The predicted molar refractivity (Wildman–Crippen MR) is 78.8 cm³/mol. The zero-order valence-corrected chi connectivity index (χ0v) is 12.1. The number of methoxy groups -OCH3 is 1. The lowest BCUT2D eigenvalue weighted by atomic mass is 10.4. The van der Waals surface area contributed by atoms with Crippen LogP contribution in [0.25, 0.3) is 20.1 Å². The number of anilines is 1. The maximum atomic E-state index is 5.20. The van der Waals surface area contributed by atoms with Gasteiger partial charge in [0.2, 0.25) is 0 Å². The molecule has 3 aromatic rings. The summed E-state index contributed by atoms with van der Waals surface area (Å²) in [7, 11) is 3.53.